The Labute approximate surface area is 141 Å². The van der Waals surface area contributed by atoms with Gasteiger partial charge < -0.3 is 19.5 Å². The van der Waals surface area contributed by atoms with Gasteiger partial charge in [0, 0.05) is 26.6 Å². The number of hydrogen-bond donors (Lipinski definition) is 1. The number of urea groups is 1. The van der Waals surface area contributed by atoms with Crippen LogP contribution in [0.2, 0.25) is 0 Å². The van der Waals surface area contributed by atoms with E-state index in [1.165, 1.54) is 0 Å². The number of carbonyl (C=O) groups excluding carboxylic acids is 1. The number of hydrogen-bond acceptors (Lipinski definition) is 4. The minimum absolute atomic E-state index is 0.126. The molecule has 0 saturated heterocycles. The number of benzene rings is 1. The molecule has 0 radical (unpaired) electrons. The summed E-state index contributed by atoms with van der Waals surface area (Å²) in [6, 6.07) is 7.66. The Balaban J connectivity index is 1.51. The molecule has 0 aliphatic carbocycles. The third-order valence-corrected chi connectivity index (χ3v) is 4.08. The lowest BCUT2D eigenvalue weighted by atomic mass is 10.2. The van der Waals surface area contributed by atoms with E-state index in [1.807, 2.05) is 31.2 Å². The fourth-order valence-electron chi connectivity index (χ4n) is 2.83. The summed E-state index contributed by atoms with van der Waals surface area (Å²) in [6.07, 6.45) is 2.07. The molecule has 2 aromatic rings. The first-order valence-electron chi connectivity index (χ1n) is 8.29. The molecule has 0 unspecified atom stereocenters. The van der Waals surface area contributed by atoms with Gasteiger partial charge in [0.1, 0.15) is 11.6 Å². The molecule has 0 saturated carbocycles. The quantitative estimate of drug-likeness (QED) is 0.879. The molecule has 0 atom stereocenters. The second kappa shape index (κ2) is 7.33. The van der Waals surface area contributed by atoms with E-state index in [4.69, 9.17) is 4.74 Å². The van der Waals surface area contributed by atoms with E-state index >= 15 is 0 Å². The molecule has 1 aromatic carbocycles. The number of aryl methyl sites for hydroxylation is 1. The number of nitrogens with zero attached hydrogens (tertiary/aromatic N) is 4. The van der Waals surface area contributed by atoms with Crippen molar-refractivity contribution in [2.75, 3.05) is 13.7 Å². The molecule has 24 heavy (non-hydrogen) atoms. The third-order valence-electron chi connectivity index (χ3n) is 4.08. The third kappa shape index (κ3) is 3.67. The molecule has 7 nitrogen and oxygen atoms in total. The summed E-state index contributed by atoms with van der Waals surface area (Å²) in [5, 5.41) is 11.2. The van der Waals surface area contributed by atoms with Crippen LogP contribution in [0.15, 0.2) is 24.3 Å². The number of ether oxygens (including phenoxy) is 1. The first-order valence-corrected chi connectivity index (χ1v) is 8.29. The van der Waals surface area contributed by atoms with E-state index in [1.54, 1.807) is 11.9 Å². The van der Waals surface area contributed by atoms with Crippen LogP contribution in [0.1, 0.15) is 30.6 Å². The number of nitrogens with one attached hydrogen (secondary N) is 1. The van der Waals surface area contributed by atoms with Gasteiger partial charge in [-0.3, -0.25) is 0 Å². The van der Waals surface area contributed by atoms with Crippen molar-refractivity contribution in [1.82, 2.24) is 25.0 Å². The topological polar surface area (TPSA) is 72.3 Å². The van der Waals surface area contributed by atoms with Crippen molar-refractivity contribution in [3.63, 3.8) is 0 Å². The predicted molar refractivity (Wildman–Crippen MR) is 89.7 cm³/mol. The van der Waals surface area contributed by atoms with Crippen LogP contribution in [-0.2, 0) is 26.1 Å². The molecule has 1 aliphatic heterocycles. The highest BCUT2D eigenvalue weighted by atomic mass is 16.5. The van der Waals surface area contributed by atoms with Crippen LogP contribution in [0, 0.1) is 0 Å². The van der Waals surface area contributed by atoms with E-state index in [0.29, 0.717) is 19.7 Å². The van der Waals surface area contributed by atoms with Gasteiger partial charge in [0.2, 0.25) is 0 Å². The Morgan fingerprint density at radius 3 is 2.88 bits per heavy atom. The maximum Gasteiger partial charge on any atom is 0.317 e. The van der Waals surface area contributed by atoms with Crippen molar-refractivity contribution >= 4 is 6.03 Å². The molecule has 2 amide bonds. The number of fused-ring (bicyclic) bond motifs is 1. The minimum Gasteiger partial charge on any atom is -0.494 e. The zero-order valence-electron chi connectivity index (χ0n) is 14.2. The van der Waals surface area contributed by atoms with Crippen molar-refractivity contribution in [3.8, 4) is 5.75 Å². The number of aromatic nitrogens is 3. The molecular weight excluding hydrogens is 306 g/mol. The van der Waals surface area contributed by atoms with Gasteiger partial charge in [0.05, 0.1) is 13.2 Å². The van der Waals surface area contributed by atoms with Crippen LogP contribution in [0.4, 0.5) is 4.79 Å². The fraction of sp³-hybridized carbons (Fsp3) is 0.471. The van der Waals surface area contributed by atoms with Gasteiger partial charge in [-0.2, -0.15) is 0 Å². The summed E-state index contributed by atoms with van der Waals surface area (Å²) in [7, 11) is 1.78. The maximum absolute atomic E-state index is 12.2. The molecule has 2 heterocycles. The van der Waals surface area contributed by atoms with E-state index in [9.17, 15) is 4.79 Å². The SMILES string of the molecule is CCOc1ccc(CN(C)C(=O)NCc2nnc3n2CCC3)cc1. The molecule has 0 bridgehead atoms. The Kier molecular flexibility index (Phi) is 4.98. The van der Waals surface area contributed by atoms with Crippen LogP contribution in [-0.4, -0.2) is 39.4 Å². The van der Waals surface area contributed by atoms with Crippen molar-refractivity contribution in [3.05, 3.63) is 41.5 Å². The Bertz CT molecular complexity index is 696. The Morgan fingerprint density at radius 2 is 2.12 bits per heavy atom. The highest BCUT2D eigenvalue weighted by Crippen LogP contribution is 2.15. The molecule has 0 spiro atoms. The van der Waals surface area contributed by atoms with Crippen LogP contribution >= 0.6 is 0 Å². The highest BCUT2D eigenvalue weighted by Gasteiger charge is 2.18. The lowest BCUT2D eigenvalue weighted by Crippen LogP contribution is -2.36. The largest absolute Gasteiger partial charge is 0.494 e. The zero-order valence-corrected chi connectivity index (χ0v) is 14.2. The smallest absolute Gasteiger partial charge is 0.317 e. The summed E-state index contributed by atoms with van der Waals surface area (Å²) in [5.74, 6) is 2.68. The van der Waals surface area contributed by atoms with Crippen LogP contribution in [0.25, 0.3) is 0 Å². The Morgan fingerprint density at radius 1 is 1.33 bits per heavy atom. The molecule has 7 heteroatoms. The van der Waals surface area contributed by atoms with E-state index in [0.717, 1.165) is 42.3 Å². The number of carbonyl (C=O) groups is 1. The van der Waals surface area contributed by atoms with Gasteiger partial charge >= 0.3 is 6.03 Å². The van der Waals surface area contributed by atoms with Crippen LogP contribution in [0.5, 0.6) is 5.75 Å². The summed E-state index contributed by atoms with van der Waals surface area (Å²) in [4.78, 5) is 13.9. The standard InChI is InChI=1S/C17H23N5O2/c1-3-24-14-8-6-13(7-9-14)12-21(2)17(23)18-11-16-20-19-15-5-4-10-22(15)16/h6-9H,3-5,10-12H2,1-2H3,(H,18,23). The molecule has 3 rings (SSSR count). The van der Waals surface area contributed by atoms with Gasteiger partial charge in [0.15, 0.2) is 5.82 Å². The van der Waals surface area contributed by atoms with E-state index < -0.39 is 0 Å². The second-order valence-corrected chi connectivity index (χ2v) is 5.88. The Hall–Kier alpha value is -2.57. The lowest BCUT2D eigenvalue weighted by molar-refractivity contribution is 0.206. The molecule has 0 fully saturated rings. The van der Waals surface area contributed by atoms with Crippen molar-refractivity contribution < 1.29 is 9.53 Å². The van der Waals surface area contributed by atoms with Gasteiger partial charge in [-0.1, -0.05) is 12.1 Å². The van der Waals surface area contributed by atoms with Crippen molar-refractivity contribution in [1.29, 1.82) is 0 Å². The highest BCUT2D eigenvalue weighted by molar-refractivity contribution is 5.73. The lowest BCUT2D eigenvalue weighted by Gasteiger charge is -2.18. The monoisotopic (exact) mass is 329 g/mol. The zero-order chi connectivity index (χ0) is 16.9. The summed E-state index contributed by atoms with van der Waals surface area (Å²) in [5.41, 5.74) is 1.06. The number of rotatable bonds is 6. The van der Waals surface area contributed by atoms with E-state index in [-0.39, 0.29) is 6.03 Å². The molecule has 128 valence electrons. The first kappa shape index (κ1) is 16.3. The van der Waals surface area contributed by atoms with Gasteiger partial charge in [-0.05, 0) is 31.0 Å². The molecule has 1 aliphatic rings. The van der Waals surface area contributed by atoms with Crippen LogP contribution in [0.3, 0.4) is 0 Å². The second-order valence-electron chi connectivity index (χ2n) is 5.88. The summed E-state index contributed by atoms with van der Waals surface area (Å²) in [6.45, 7) is 4.48. The van der Waals surface area contributed by atoms with Crippen molar-refractivity contribution in [2.24, 2.45) is 0 Å². The average molecular weight is 329 g/mol. The van der Waals surface area contributed by atoms with Crippen molar-refractivity contribution in [2.45, 2.75) is 39.4 Å². The minimum atomic E-state index is -0.126. The molecule has 1 N–H and O–H groups in total. The van der Waals surface area contributed by atoms with Crippen LogP contribution < -0.4 is 10.1 Å². The van der Waals surface area contributed by atoms with Gasteiger partial charge in [-0.25, -0.2) is 4.79 Å². The van der Waals surface area contributed by atoms with Gasteiger partial charge in [0.25, 0.3) is 0 Å². The predicted octanol–water partition coefficient (Wildman–Crippen LogP) is 1.96. The normalized spacial score (nSPS) is 12.8. The maximum atomic E-state index is 12.2. The summed E-state index contributed by atoms with van der Waals surface area (Å²) >= 11 is 0. The van der Waals surface area contributed by atoms with Gasteiger partial charge in [-0.15, -0.1) is 10.2 Å². The fourth-order valence-corrected chi connectivity index (χ4v) is 2.83. The van der Waals surface area contributed by atoms with E-state index in [2.05, 4.69) is 20.1 Å². The molecule has 1 aromatic heterocycles. The first-order chi connectivity index (χ1) is 11.7. The molecular formula is C17H23N5O2. The number of amides is 2. The summed E-state index contributed by atoms with van der Waals surface area (Å²) < 4.78 is 7.51. The average Bonchev–Trinajstić information content (AvgIpc) is 3.18.